The SMILES string of the molecule is CN=C(NCc1cccc(OCC(F)(F)F)c1)N1CCS(=O)(=O)C(C)(C)C1. The molecule has 1 fully saturated rings. The van der Waals surface area contributed by atoms with E-state index < -0.39 is 27.4 Å². The minimum atomic E-state index is -4.39. The monoisotopic (exact) mass is 407 g/mol. The predicted molar refractivity (Wildman–Crippen MR) is 97.6 cm³/mol. The molecule has 1 aliphatic heterocycles. The van der Waals surface area contributed by atoms with Gasteiger partial charge in [0.15, 0.2) is 22.4 Å². The van der Waals surface area contributed by atoms with Crippen molar-refractivity contribution in [3.8, 4) is 5.75 Å². The van der Waals surface area contributed by atoms with Crippen LogP contribution in [0.3, 0.4) is 0 Å². The van der Waals surface area contributed by atoms with E-state index in [0.29, 0.717) is 25.6 Å². The highest BCUT2D eigenvalue weighted by molar-refractivity contribution is 7.92. The van der Waals surface area contributed by atoms with Crippen LogP contribution in [0.5, 0.6) is 5.75 Å². The molecule has 1 N–H and O–H groups in total. The molecule has 6 nitrogen and oxygen atoms in total. The van der Waals surface area contributed by atoms with E-state index in [1.807, 2.05) is 4.90 Å². The van der Waals surface area contributed by atoms with Gasteiger partial charge in [0.1, 0.15) is 5.75 Å². The summed E-state index contributed by atoms with van der Waals surface area (Å²) in [7, 11) is -1.56. The second-order valence-corrected chi connectivity index (χ2v) is 9.70. The summed E-state index contributed by atoms with van der Waals surface area (Å²) in [6, 6.07) is 6.35. The topological polar surface area (TPSA) is 71.0 Å². The fraction of sp³-hybridized carbons (Fsp3) is 0.588. The summed E-state index contributed by atoms with van der Waals surface area (Å²) in [6.45, 7) is 2.98. The molecule has 0 aliphatic carbocycles. The van der Waals surface area contributed by atoms with Crippen molar-refractivity contribution in [2.45, 2.75) is 31.3 Å². The molecule has 1 aromatic carbocycles. The molecule has 1 aliphatic rings. The lowest BCUT2D eigenvalue weighted by Crippen LogP contribution is -2.57. The van der Waals surface area contributed by atoms with E-state index in [-0.39, 0.29) is 11.5 Å². The molecule has 0 aromatic heterocycles. The van der Waals surface area contributed by atoms with Gasteiger partial charge in [0, 0.05) is 26.7 Å². The Morgan fingerprint density at radius 1 is 1.37 bits per heavy atom. The highest BCUT2D eigenvalue weighted by atomic mass is 32.2. The average molecular weight is 407 g/mol. The third-order valence-electron chi connectivity index (χ3n) is 4.31. The number of guanidine groups is 1. The first-order valence-corrected chi connectivity index (χ1v) is 10.1. The molecule has 0 saturated carbocycles. The van der Waals surface area contributed by atoms with Gasteiger partial charge in [-0.15, -0.1) is 0 Å². The Bertz CT molecular complexity index is 792. The van der Waals surface area contributed by atoms with Crippen LogP contribution in [0.1, 0.15) is 19.4 Å². The van der Waals surface area contributed by atoms with E-state index in [4.69, 9.17) is 4.74 Å². The minimum Gasteiger partial charge on any atom is -0.484 e. The molecule has 1 saturated heterocycles. The molecule has 10 heteroatoms. The Hall–Kier alpha value is -1.97. The Balaban J connectivity index is 1.99. The minimum absolute atomic E-state index is 0.0431. The third-order valence-corrected chi connectivity index (χ3v) is 6.84. The molecular formula is C17H24F3N3O3S. The lowest BCUT2D eigenvalue weighted by molar-refractivity contribution is -0.153. The standard InChI is InChI=1S/C17H24F3N3O3S/c1-16(2)11-23(7-8-27(16,24)25)15(21-3)22-10-13-5-4-6-14(9-13)26-12-17(18,19)20/h4-6,9H,7-8,10-12H2,1-3H3,(H,21,22). The van der Waals surface area contributed by atoms with Crippen LogP contribution >= 0.6 is 0 Å². The number of sulfone groups is 1. The van der Waals surface area contributed by atoms with Crippen molar-refractivity contribution in [1.29, 1.82) is 0 Å². The summed E-state index contributed by atoms with van der Waals surface area (Å²) in [6.07, 6.45) is -4.39. The van der Waals surface area contributed by atoms with Crippen molar-refractivity contribution in [1.82, 2.24) is 10.2 Å². The van der Waals surface area contributed by atoms with E-state index in [0.717, 1.165) is 5.56 Å². The summed E-state index contributed by atoms with van der Waals surface area (Å²) in [5.41, 5.74) is 0.722. The van der Waals surface area contributed by atoms with E-state index in [1.165, 1.54) is 12.1 Å². The molecule has 0 spiro atoms. The van der Waals surface area contributed by atoms with Crippen LogP contribution in [0.25, 0.3) is 0 Å². The second kappa shape index (κ2) is 7.95. The maximum absolute atomic E-state index is 12.3. The number of benzene rings is 1. The molecule has 1 aromatic rings. The molecule has 0 amide bonds. The number of aliphatic imine (C=N–C) groups is 1. The van der Waals surface area contributed by atoms with Crippen LogP contribution in [0.2, 0.25) is 0 Å². The van der Waals surface area contributed by atoms with Crippen molar-refractivity contribution < 1.29 is 26.3 Å². The summed E-state index contributed by atoms with van der Waals surface area (Å²) in [5.74, 6) is 0.716. The lowest BCUT2D eigenvalue weighted by Gasteiger charge is -2.39. The third kappa shape index (κ3) is 5.75. The second-order valence-electron chi connectivity index (χ2n) is 6.95. The van der Waals surface area contributed by atoms with Gasteiger partial charge < -0.3 is 15.0 Å². The fourth-order valence-electron chi connectivity index (χ4n) is 2.75. The van der Waals surface area contributed by atoms with Crippen LogP contribution in [0.15, 0.2) is 29.3 Å². The van der Waals surface area contributed by atoms with E-state index in [1.54, 1.807) is 33.0 Å². The first kappa shape index (κ1) is 21.3. The van der Waals surface area contributed by atoms with E-state index >= 15 is 0 Å². The van der Waals surface area contributed by atoms with Crippen LogP contribution in [-0.4, -0.2) is 62.7 Å². The van der Waals surface area contributed by atoms with Gasteiger partial charge in [-0.3, -0.25) is 4.99 Å². The molecule has 0 radical (unpaired) electrons. The largest absolute Gasteiger partial charge is 0.484 e. The van der Waals surface area contributed by atoms with Crippen LogP contribution in [-0.2, 0) is 16.4 Å². The van der Waals surface area contributed by atoms with Crippen molar-refractivity contribution >= 4 is 15.8 Å². The molecule has 2 rings (SSSR count). The number of halogens is 3. The maximum Gasteiger partial charge on any atom is 0.422 e. The molecule has 1 heterocycles. The summed E-state index contributed by atoms with van der Waals surface area (Å²) in [5, 5.41) is 3.12. The number of hydrogen-bond donors (Lipinski definition) is 1. The van der Waals surface area contributed by atoms with Crippen molar-refractivity contribution in [2.24, 2.45) is 4.99 Å². The highest BCUT2D eigenvalue weighted by Gasteiger charge is 2.40. The number of ether oxygens (including phenoxy) is 1. The Morgan fingerprint density at radius 2 is 2.07 bits per heavy atom. The number of nitrogens with one attached hydrogen (secondary N) is 1. The van der Waals surface area contributed by atoms with Gasteiger partial charge >= 0.3 is 6.18 Å². The molecular weight excluding hydrogens is 383 g/mol. The van der Waals surface area contributed by atoms with Crippen LogP contribution in [0, 0.1) is 0 Å². The normalized spacial score (nSPS) is 19.6. The van der Waals surface area contributed by atoms with Crippen LogP contribution < -0.4 is 10.1 Å². The van der Waals surface area contributed by atoms with Gasteiger partial charge in [-0.1, -0.05) is 12.1 Å². The quantitative estimate of drug-likeness (QED) is 0.612. The predicted octanol–water partition coefficient (Wildman–Crippen LogP) is 2.21. The zero-order chi connectivity index (χ0) is 20.3. The summed E-state index contributed by atoms with van der Waals surface area (Å²) >= 11 is 0. The maximum atomic E-state index is 12.3. The van der Waals surface area contributed by atoms with E-state index in [9.17, 15) is 21.6 Å². The number of hydrogen-bond acceptors (Lipinski definition) is 4. The first-order valence-electron chi connectivity index (χ1n) is 8.40. The first-order chi connectivity index (χ1) is 12.4. The number of nitrogens with zero attached hydrogens (tertiary/aromatic N) is 2. The van der Waals surface area contributed by atoms with Crippen molar-refractivity contribution in [3.63, 3.8) is 0 Å². The average Bonchev–Trinajstić information content (AvgIpc) is 2.56. The van der Waals surface area contributed by atoms with Gasteiger partial charge in [-0.2, -0.15) is 13.2 Å². The van der Waals surface area contributed by atoms with Gasteiger partial charge in [0.25, 0.3) is 0 Å². The van der Waals surface area contributed by atoms with Gasteiger partial charge in [-0.25, -0.2) is 8.42 Å². The van der Waals surface area contributed by atoms with Crippen molar-refractivity contribution in [2.75, 3.05) is 32.5 Å². The van der Waals surface area contributed by atoms with Gasteiger partial charge in [0.05, 0.1) is 10.5 Å². The fourth-order valence-corrected chi connectivity index (χ4v) is 4.11. The molecule has 0 atom stereocenters. The number of alkyl halides is 3. The zero-order valence-corrected chi connectivity index (χ0v) is 16.3. The summed E-state index contributed by atoms with van der Waals surface area (Å²) < 4.78 is 64.9. The number of rotatable bonds is 4. The Labute approximate surface area is 157 Å². The van der Waals surface area contributed by atoms with E-state index in [2.05, 4.69) is 10.3 Å². The molecule has 0 unspecified atom stereocenters. The highest BCUT2D eigenvalue weighted by Crippen LogP contribution is 2.24. The smallest absolute Gasteiger partial charge is 0.422 e. The van der Waals surface area contributed by atoms with Crippen LogP contribution in [0.4, 0.5) is 13.2 Å². The molecule has 27 heavy (non-hydrogen) atoms. The Morgan fingerprint density at radius 3 is 2.67 bits per heavy atom. The van der Waals surface area contributed by atoms with Crippen molar-refractivity contribution in [3.05, 3.63) is 29.8 Å². The lowest BCUT2D eigenvalue weighted by atomic mass is 10.2. The van der Waals surface area contributed by atoms with Gasteiger partial charge in [0.2, 0.25) is 0 Å². The Kier molecular flexibility index (Phi) is 6.28. The molecule has 152 valence electrons. The summed E-state index contributed by atoms with van der Waals surface area (Å²) in [4.78, 5) is 6.05. The molecule has 0 bridgehead atoms. The van der Waals surface area contributed by atoms with Gasteiger partial charge in [-0.05, 0) is 31.5 Å². The zero-order valence-electron chi connectivity index (χ0n) is 15.5.